The maximum atomic E-state index is 11.1. The molecule has 8 nitrogen and oxygen atoms in total. The van der Waals surface area contributed by atoms with Gasteiger partial charge in [-0.15, -0.1) is 5.10 Å². The highest BCUT2D eigenvalue weighted by molar-refractivity contribution is 6.60. The van der Waals surface area contributed by atoms with Crippen molar-refractivity contribution >= 4 is 31.0 Å². The largest absolute Gasteiger partial charge is 0.493 e. The van der Waals surface area contributed by atoms with Crippen LogP contribution in [0.25, 0.3) is 0 Å². The smallest absolute Gasteiger partial charge is 0.492 e. The lowest BCUT2D eigenvalue weighted by Gasteiger charge is -2.13. The second-order valence-corrected chi connectivity index (χ2v) is 4.14. The molecule has 0 aliphatic carbocycles. The molecular formula is C12H17BN4O4. The maximum Gasteiger partial charge on any atom is 0.492 e. The van der Waals surface area contributed by atoms with Crippen LogP contribution in [0.1, 0.15) is 29.3 Å². The molecule has 1 rings (SSSR count). The van der Waals surface area contributed by atoms with Gasteiger partial charge in [0.25, 0.3) is 0 Å². The van der Waals surface area contributed by atoms with Crippen molar-refractivity contribution in [1.29, 1.82) is 0 Å². The minimum Gasteiger partial charge on any atom is -0.493 e. The number of carbonyl (C=O) groups is 1. The molecular weight excluding hydrogens is 275 g/mol. The van der Waals surface area contributed by atoms with E-state index in [-0.39, 0.29) is 22.7 Å². The molecule has 0 atom stereocenters. The molecule has 0 fully saturated rings. The van der Waals surface area contributed by atoms with Gasteiger partial charge in [-0.1, -0.05) is 6.92 Å². The third kappa shape index (κ3) is 4.90. The van der Waals surface area contributed by atoms with Crippen molar-refractivity contribution in [3.63, 3.8) is 0 Å². The van der Waals surface area contributed by atoms with Gasteiger partial charge in [-0.2, -0.15) is 5.10 Å². The summed E-state index contributed by atoms with van der Waals surface area (Å²) in [7, 11) is -1.79. The van der Waals surface area contributed by atoms with E-state index in [1.54, 1.807) is 0 Å². The van der Waals surface area contributed by atoms with E-state index >= 15 is 0 Å². The SMILES string of the molecule is CCCOc1c(C=O)cc(C=NN=C(N)N)cc1B(O)O. The summed E-state index contributed by atoms with van der Waals surface area (Å²) in [5.41, 5.74) is 10.9. The van der Waals surface area contributed by atoms with Gasteiger partial charge >= 0.3 is 7.12 Å². The van der Waals surface area contributed by atoms with Crippen molar-refractivity contribution < 1.29 is 19.6 Å². The van der Waals surface area contributed by atoms with E-state index in [0.29, 0.717) is 24.9 Å². The zero-order chi connectivity index (χ0) is 15.8. The Morgan fingerprint density at radius 1 is 1.43 bits per heavy atom. The van der Waals surface area contributed by atoms with Crippen molar-refractivity contribution in [1.82, 2.24) is 0 Å². The van der Waals surface area contributed by atoms with Crippen molar-refractivity contribution in [2.24, 2.45) is 21.7 Å². The molecule has 21 heavy (non-hydrogen) atoms. The van der Waals surface area contributed by atoms with Gasteiger partial charge < -0.3 is 26.3 Å². The van der Waals surface area contributed by atoms with Crippen LogP contribution in [-0.2, 0) is 0 Å². The molecule has 0 unspecified atom stereocenters. The minimum absolute atomic E-state index is 0.0687. The van der Waals surface area contributed by atoms with E-state index in [0.717, 1.165) is 0 Å². The fourth-order valence-electron chi connectivity index (χ4n) is 1.59. The molecule has 0 aromatic heterocycles. The first kappa shape index (κ1) is 16.7. The van der Waals surface area contributed by atoms with Crippen LogP contribution >= 0.6 is 0 Å². The van der Waals surface area contributed by atoms with Crippen molar-refractivity contribution in [2.45, 2.75) is 13.3 Å². The fourth-order valence-corrected chi connectivity index (χ4v) is 1.59. The number of benzene rings is 1. The lowest BCUT2D eigenvalue weighted by Crippen LogP contribution is -2.33. The molecule has 0 saturated heterocycles. The third-order valence-corrected chi connectivity index (χ3v) is 2.40. The topological polar surface area (TPSA) is 144 Å². The molecule has 0 radical (unpaired) electrons. The first-order valence-electron chi connectivity index (χ1n) is 6.23. The molecule has 1 aromatic carbocycles. The van der Waals surface area contributed by atoms with E-state index in [2.05, 4.69) is 10.2 Å². The summed E-state index contributed by atoms with van der Waals surface area (Å²) in [5, 5.41) is 25.8. The van der Waals surface area contributed by atoms with E-state index in [1.807, 2.05) is 6.92 Å². The Bertz CT molecular complexity index is 556. The van der Waals surface area contributed by atoms with E-state index in [4.69, 9.17) is 16.2 Å². The number of ether oxygens (including phenoxy) is 1. The van der Waals surface area contributed by atoms with Gasteiger partial charge in [-0.25, -0.2) is 0 Å². The van der Waals surface area contributed by atoms with Crippen LogP contribution in [0.5, 0.6) is 5.75 Å². The summed E-state index contributed by atoms with van der Waals surface area (Å²) in [6, 6.07) is 2.91. The molecule has 0 aliphatic rings. The molecule has 1 aromatic rings. The molecule has 0 heterocycles. The summed E-state index contributed by atoms with van der Waals surface area (Å²) < 4.78 is 5.40. The zero-order valence-corrected chi connectivity index (χ0v) is 11.6. The van der Waals surface area contributed by atoms with E-state index in [1.165, 1.54) is 18.3 Å². The predicted molar refractivity (Wildman–Crippen MR) is 80.8 cm³/mol. The monoisotopic (exact) mass is 292 g/mol. The summed E-state index contributed by atoms with van der Waals surface area (Å²) in [4.78, 5) is 11.1. The van der Waals surface area contributed by atoms with Gasteiger partial charge in [0.15, 0.2) is 6.29 Å². The van der Waals surface area contributed by atoms with Crippen molar-refractivity contribution in [3.05, 3.63) is 23.3 Å². The summed E-state index contributed by atoms with van der Waals surface area (Å²) in [6.07, 6.45) is 2.56. The van der Waals surface area contributed by atoms with Crippen molar-refractivity contribution in [3.8, 4) is 5.75 Å². The van der Waals surface area contributed by atoms with Crippen LogP contribution in [0.4, 0.5) is 0 Å². The maximum absolute atomic E-state index is 11.1. The highest BCUT2D eigenvalue weighted by Crippen LogP contribution is 2.17. The van der Waals surface area contributed by atoms with Crippen LogP contribution in [0.2, 0.25) is 0 Å². The number of hydrogen-bond acceptors (Lipinski definition) is 6. The Hall–Kier alpha value is -2.39. The number of aldehydes is 1. The van der Waals surface area contributed by atoms with Gasteiger partial charge in [-0.3, -0.25) is 4.79 Å². The number of nitrogens with two attached hydrogens (primary N) is 2. The second-order valence-electron chi connectivity index (χ2n) is 4.14. The molecule has 0 aliphatic heterocycles. The van der Waals surface area contributed by atoms with Crippen LogP contribution in [0.15, 0.2) is 22.3 Å². The Balaban J connectivity index is 3.25. The summed E-state index contributed by atoms with van der Waals surface area (Å²) in [6.45, 7) is 2.24. The first-order chi connectivity index (χ1) is 9.99. The molecule has 0 amide bonds. The predicted octanol–water partition coefficient (Wildman–Crippen LogP) is -1.42. The Morgan fingerprint density at radius 2 is 2.14 bits per heavy atom. The Kier molecular flexibility index (Phi) is 6.37. The summed E-state index contributed by atoms with van der Waals surface area (Å²) in [5.74, 6) is -0.0759. The molecule has 0 spiro atoms. The van der Waals surface area contributed by atoms with E-state index in [9.17, 15) is 14.8 Å². The van der Waals surface area contributed by atoms with Crippen molar-refractivity contribution in [2.75, 3.05) is 6.61 Å². The quantitative estimate of drug-likeness (QED) is 0.159. The molecule has 0 bridgehead atoms. The van der Waals surface area contributed by atoms with Gasteiger partial charge in [0, 0.05) is 5.46 Å². The zero-order valence-electron chi connectivity index (χ0n) is 11.6. The van der Waals surface area contributed by atoms with Gasteiger partial charge in [0.1, 0.15) is 5.75 Å². The fraction of sp³-hybridized carbons (Fsp3) is 0.250. The number of rotatable bonds is 7. The average Bonchev–Trinajstić information content (AvgIpc) is 2.44. The minimum atomic E-state index is -1.79. The summed E-state index contributed by atoms with van der Waals surface area (Å²) >= 11 is 0. The third-order valence-electron chi connectivity index (χ3n) is 2.40. The number of guanidine groups is 1. The lowest BCUT2D eigenvalue weighted by atomic mass is 9.77. The van der Waals surface area contributed by atoms with Gasteiger partial charge in [-0.05, 0) is 24.1 Å². The standard InChI is InChI=1S/C12H17BN4O4/c1-2-3-21-11-9(7-18)4-8(5-10(11)13(19)20)6-16-17-12(14)15/h4-7,19-20H,2-3H2,1H3,(H4,14,15,17). The van der Waals surface area contributed by atoms with Crippen LogP contribution in [-0.4, -0.2) is 42.2 Å². The second kappa shape index (κ2) is 8.03. The Labute approximate surface area is 122 Å². The number of carbonyl (C=O) groups excluding carboxylic acids is 1. The molecule has 0 saturated carbocycles. The normalized spacial score (nSPS) is 10.4. The lowest BCUT2D eigenvalue weighted by molar-refractivity contribution is 0.111. The highest BCUT2D eigenvalue weighted by atomic mass is 16.5. The number of nitrogens with zero attached hydrogens (tertiary/aromatic N) is 2. The highest BCUT2D eigenvalue weighted by Gasteiger charge is 2.21. The number of hydrogen-bond donors (Lipinski definition) is 4. The Morgan fingerprint density at radius 3 is 2.67 bits per heavy atom. The molecule has 112 valence electrons. The molecule has 6 N–H and O–H groups in total. The van der Waals surface area contributed by atoms with Crippen LogP contribution in [0, 0.1) is 0 Å². The van der Waals surface area contributed by atoms with Crippen LogP contribution < -0.4 is 21.7 Å². The van der Waals surface area contributed by atoms with Crippen LogP contribution in [0.3, 0.4) is 0 Å². The van der Waals surface area contributed by atoms with Gasteiger partial charge in [0.05, 0.1) is 18.4 Å². The first-order valence-corrected chi connectivity index (χ1v) is 6.23. The van der Waals surface area contributed by atoms with Gasteiger partial charge in [0.2, 0.25) is 5.96 Å². The average molecular weight is 292 g/mol. The van der Waals surface area contributed by atoms with E-state index < -0.39 is 7.12 Å². The molecule has 9 heteroatoms.